The van der Waals surface area contributed by atoms with Gasteiger partial charge in [0.15, 0.2) is 0 Å². The number of nitriles is 1. The molecule has 0 aliphatic carbocycles. The van der Waals surface area contributed by atoms with Crippen molar-refractivity contribution in [2.75, 3.05) is 25.1 Å². The highest BCUT2D eigenvalue weighted by atomic mass is 79.9. The van der Waals surface area contributed by atoms with Gasteiger partial charge in [0.05, 0.1) is 17.8 Å². The van der Waals surface area contributed by atoms with E-state index in [-0.39, 0.29) is 0 Å². The molecule has 102 valence electrons. The van der Waals surface area contributed by atoms with Crippen molar-refractivity contribution >= 4 is 21.6 Å². The topological polar surface area (TPSA) is 36.3 Å². The van der Waals surface area contributed by atoms with Crippen LogP contribution >= 0.6 is 15.9 Å². The van der Waals surface area contributed by atoms with Crippen LogP contribution in [-0.4, -0.2) is 20.2 Å². The zero-order valence-corrected chi connectivity index (χ0v) is 12.8. The van der Waals surface area contributed by atoms with Crippen molar-refractivity contribution in [3.05, 3.63) is 58.6 Å². The predicted molar refractivity (Wildman–Crippen MR) is 84.1 cm³/mol. The Morgan fingerprint density at radius 3 is 2.55 bits per heavy atom. The zero-order chi connectivity index (χ0) is 14.4. The molecule has 0 N–H and O–H groups in total. The van der Waals surface area contributed by atoms with Gasteiger partial charge in [-0.2, -0.15) is 5.26 Å². The molecule has 0 aromatic heterocycles. The van der Waals surface area contributed by atoms with Crippen LogP contribution in [0.4, 0.5) is 5.69 Å². The molecular weight excluding hydrogens is 316 g/mol. The van der Waals surface area contributed by atoms with E-state index in [0.717, 1.165) is 22.5 Å². The van der Waals surface area contributed by atoms with Crippen molar-refractivity contribution in [3.63, 3.8) is 0 Å². The lowest BCUT2D eigenvalue weighted by atomic mass is 10.2. The second-order valence-electron chi connectivity index (χ2n) is 4.35. The minimum atomic E-state index is 0.567. The Balaban J connectivity index is 1.91. The number of nitrogens with zero attached hydrogens (tertiary/aromatic N) is 2. The third kappa shape index (κ3) is 3.75. The van der Waals surface area contributed by atoms with Gasteiger partial charge in [-0.1, -0.05) is 28.1 Å². The molecule has 3 nitrogen and oxygen atoms in total. The summed E-state index contributed by atoms with van der Waals surface area (Å²) in [5.74, 6) is 0.843. The molecule has 0 bridgehead atoms. The van der Waals surface area contributed by atoms with E-state index in [9.17, 15) is 0 Å². The lowest BCUT2D eigenvalue weighted by Crippen LogP contribution is -2.24. The first-order valence-corrected chi connectivity index (χ1v) is 7.08. The van der Waals surface area contributed by atoms with Crippen LogP contribution in [0.3, 0.4) is 0 Å². The second-order valence-corrected chi connectivity index (χ2v) is 5.27. The summed E-state index contributed by atoms with van der Waals surface area (Å²) in [6, 6.07) is 17.5. The van der Waals surface area contributed by atoms with Gasteiger partial charge in [0.25, 0.3) is 0 Å². The van der Waals surface area contributed by atoms with Crippen molar-refractivity contribution in [1.82, 2.24) is 0 Å². The average Bonchev–Trinajstić information content (AvgIpc) is 2.49. The summed E-state index contributed by atoms with van der Waals surface area (Å²) in [4.78, 5) is 2.03. The third-order valence-corrected chi connectivity index (χ3v) is 3.47. The molecule has 0 saturated carbocycles. The SMILES string of the molecule is CN(CCOc1ccc(Br)cc1)c1ccccc1C#N. The van der Waals surface area contributed by atoms with Crippen molar-refractivity contribution < 1.29 is 4.74 Å². The highest BCUT2D eigenvalue weighted by Gasteiger charge is 2.06. The molecule has 0 unspecified atom stereocenters. The van der Waals surface area contributed by atoms with Crippen LogP contribution in [-0.2, 0) is 0 Å². The molecule has 0 aliphatic rings. The lowest BCUT2D eigenvalue weighted by molar-refractivity contribution is 0.326. The van der Waals surface area contributed by atoms with Crippen LogP contribution in [0.15, 0.2) is 53.0 Å². The number of likely N-dealkylation sites (N-methyl/N-ethyl adjacent to an activating group) is 1. The number of ether oxygens (including phenoxy) is 1. The van der Waals surface area contributed by atoms with Gasteiger partial charge in [-0.25, -0.2) is 0 Å². The van der Waals surface area contributed by atoms with Gasteiger partial charge >= 0.3 is 0 Å². The molecule has 4 heteroatoms. The summed E-state index contributed by atoms with van der Waals surface area (Å²) < 4.78 is 6.71. The largest absolute Gasteiger partial charge is 0.492 e. The Hall–Kier alpha value is -1.99. The van der Waals surface area contributed by atoms with E-state index in [2.05, 4.69) is 22.0 Å². The number of halogens is 1. The highest BCUT2D eigenvalue weighted by molar-refractivity contribution is 9.10. The number of para-hydroxylation sites is 1. The molecule has 0 amide bonds. The van der Waals surface area contributed by atoms with E-state index in [4.69, 9.17) is 10.00 Å². The van der Waals surface area contributed by atoms with Gasteiger partial charge in [0.2, 0.25) is 0 Å². The van der Waals surface area contributed by atoms with E-state index in [0.29, 0.717) is 12.2 Å². The number of anilines is 1. The molecule has 2 aromatic rings. The fraction of sp³-hybridized carbons (Fsp3) is 0.188. The Morgan fingerprint density at radius 1 is 1.15 bits per heavy atom. The summed E-state index contributed by atoms with van der Waals surface area (Å²) in [6.45, 7) is 1.28. The molecule has 0 heterocycles. The van der Waals surface area contributed by atoms with Gasteiger partial charge in [0.1, 0.15) is 18.4 Å². The second kappa shape index (κ2) is 6.97. The van der Waals surface area contributed by atoms with Gasteiger partial charge in [-0.15, -0.1) is 0 Å². The van der Waals surface area contributed by atoms with Gasteiger partial charge in [-0.05, 0) is 36.4 Å². The van der Waals surface area contributed by atoms with Crippen LogP contribution in [0.25, 0.3) is 0 Å². The number of hydrogen-bond acceptors (Lipinski definition) is 3. The third-order valence-electron chi connectivity index (χ3n) is 2.94. The quantitative estimate of drug-likeness (QED) is 0.835. The summed E-state index contributed by atoms with van der Waals surface area (Å²) in [7, 11) is 1.96. The van der Waals surface area contributed by atoms with E-state index < -0.39 is 0 Å². The number of hydrogen-bond donors (Lipinski definition) is 0. The first-order chi connectivity index (χ1) is 9.70. The number of benzene rings is 2. The smallest absolute Gasteiger partial charge is 0.119 e. The molecule has 0 atom stereocenters. The monoisotopic (exact) mass is 330 g/mol. The Bertz CT molecular complexity index is 605. The molecule has 0 aliphatic heterocycles. The minimum absolute atomic E-state index is 0.567. The van der Waals surface area contributed by atoms with Crippen LogP contribution in [0.2, 0.25) is 0 Å². The maximum absolute atomic E-state index is 9.08. The van der Waals surface area contributed by atoms with Gasteiger partial charge < -0.3 is 9.64 Å². The summed E-state index contributed by atoms with van der Waals surface area (Å²) >= 11 is 3.39. The fourth-order valence-corrected chi connectivity index (χ4v) is 2.12. The van der Waals surface area contributed by atoms with Crippen LogP contribution in [0.1, 0.15) is 5.56 Å². The maximum Gasteiger partial charge on any atom is 0.119 e. The van der Waals surface area contributed by atoms with Gasteiger partial charge in [0, 0.05) is 11.5 Å². The first-order valence-electron chi connectivity index (χ1n) is 6.29. The maximum atomic E-state index is 9.08. The van der Waals surface area contributed by atoms with E-state index in [1.165, 1.54) is 0 Å². The zero-order valence-electron chi connectivity index (χ0n) is 11.2. The van der Waals surface area contributed by atoms with E-state index in [1.807, 2.05) is 60.5 Å². The highest BCUT2D eigenvalue weighted by Crippen LogP contribution is 2.19. The summed E-state index contributed by atoms with van der Waals surface area (Å²) in [5.41, 5.74) is 1.60. The van der Waals surface area contributed by atoms with Crippen molar-refractivity contribution in [2.24, 2.45) is 0 Å². The molecule has 0 spiro atoms. The molecule has 0 radical (unpaired) electrons. The molecule has 0 saturated heterocycles. The average molecular weight is 331 g/mol. The van der Waals surface area contributed by atoms with Crippen LogP contribution in [0, 0.1) is 11.3 Å². The van der Waals surface area contributed by atoms with Crippen molar-refractivity contribution in [1.29, 1.82) is 5.26 Å². The molecule has 2 rings (SSSR count). The molecule has 20 heavy (non-hydrogen) atoms. The van der Waals surface area contributed by atoms with Crippen molar-refractivity contribution in [2.45, 2.75) is 0 Å². The molecular formula is C16H15BrN2O. The van der Waals surface area contributed by atoms with Crippen LogP contribution < -0.4 is 9.64 Å². The predicted octanol–water partition coefficient (Wildman–Crippen LogP) is 3.84. The fourth-order valence-electron chi connectivity index (χ4n) is 1.85. The molecule has 2 aromatic carbocycles. The standard InChI is InChI=1S/C16H15BrN2O/c1-19(16-5-3-2-4-13(16)12-18)10-11-20-15-8-6-14(17)7-9-15/h2-9H,10-11H2,1H3. The van der Waals surface area contributed by atoms with E-state index in [1.54, 1.807) is 0 Å². The summed E-state index contributed by atoms with van der Waals surface area (Å²) in [6.07, 6.45) is 0. The Kier molecular flexibility index (Phi) is 5.03. The van der Waals surface area contributed by atoms with Crippen LogP contribution in [0.5, 0.6) is 5.75 Å². The van der Waals surface area contributed by atoms with Gasteiger partial charge in [-0.3, -0.25) is 0 Å². The Morgan fingerprint density at radius 2 is 1.85 bits per heavy atom. The van der Waals surface area contributed by atoms with Crippen molar-refractivity contribution in [3.8, 4) is 11.8 Å². The molecule has 0 fully saturated rings. The summed E-state index contributed by atoms with van der Waals surface area (Å²) in [5, 5.41) is 9.08. The Labute approximate surface area is 127 Å². The minimum Gasteiger partial charge on any atom is -0.492 e. The normalized spacial score (nSPS) is 9.85. The first kappa shape index (κ1) is 14.4. The lowest BCUT2D eigenvalue weighted by Gasteiger charge is -2.20. The van der Waals surface area contributed by atoms with E-state index >= 15 is 0 Å². The number of rotatable bonds is 5.